The SMILES string of the molecule is Cc1cc(Cl)ccc1NC(=O)CN1CCOCC1.Cl. The minimum absolute atomic E-state index is 0. The predicted octanol–water partition coefficient (Wildman–Crippen LogP) is 2.34. The van der Waals surface area contributed by atoms with Crippen LogP contribution in [0.1, 0.15) is 5.56 Å². The van der Waals surface area contributed by atoms with Gasteiger partial charge in [-0.25, -0.2) is 0 Å². The Morgan fingerprint density at radius 2 is 2.11 bits per heavy atom. The Morgan fingerprint density at radius 1 is 1.42 bits per heavy atom. The van der Waals surface area contributed by atoms with E-state index in [9.17, 15) is 4.79 Å². The van der Waals surface area contributed by atoms with E-state index in [0.717, 1.165) is 24.3 Å². The molecule has 0 aromatic heterocycles. The Morgan fingerprint density at radius 3 is 2.74 bits per heavy atom. The molecule has 1 amide bonds. The maximum Gasteiger partial charge on any atom is 0.238 e. The molecule has 1 N–H and O–H groups in total. The molecular formula is C13H18Cl2N2O2. The average Bonchev–Trinajstić information content (AvgIpc) is 2.34. The lowest BCUT2D eigenvalue weighted by Crippen LogP contribution is -2.41. The molecule has 1 saturated heterocycles. The predicted molar refractivity (Wildman–Crippen MR) is 79.3 cm³/mol. The lowest BCUT2D eigenvalue weighted by molar-refractivity contribution is -0.118. The Hall–Kier alpha value is -0.810. The average molecular weight is 305 g/mol. The highest BCUT2D eigenvalue weighted by Crippen LogP contribution is 2.19. The normalized spacial score (nSPS) is 15.7. The van der Waals surface area contributed by atoms with Gasteiger partial charge in [-0.15, -0.1) is 12.4 Å². The second-order valence-corrected chi connectivity index (χ2v) is 4.83. The quantitative estimate of drug-likeness (QED) is 0.932. The van der Waals surface area contributed by atoms with Gasteiger partial charge in [0.25, 0.3) is 0 Å². The number of benzene rings is 1. The molecule has 6 heteroatoms. The molecule has 0 aliphatic carbocycles. The lowest BCUT2D eigenvalue weighted by Gasteiger charge is -2.25. The smallest absolute Gasteiger partial charge is 0.238 e. The summed E-state index contributed by atoms with van der Waals surface area (Å²) in [6.45, 7) is 5.36. The van der Waals surface area contributed by atoms with Crippen LogP contribution in [0.15, 0.2) is 18.2 Å². The second-order valence-electron chi connectivity index (χ2n) is 4.40. The first-order chi connectivity index (χ1) is 8.65. The summed E-state index contributed by atoms with van der Waals surface area (Å²) in [6, 6.07) is 5.44. The molecular weight excluding hydrogens is 287 g/mol. The van der Waals surface area contributed by atoms with Crippen molar-refractivity contribution >= 4 is 35.6 Å². The number of nitrogens with zero attached hydrogens (tertiary/aromatic N) is 1. The molecule has 1 heterocycles. The van der Waals surface area contributed by atoms with Crippen LogP contribution in [-0.2, 0) is 9.53 Å². The summed E-state index contributed by atoms with van der Waals surface area (Å²) in [5, 5.41) is 3.58. The topological polar surface area (TPSA) is 41.6 Å². The molecule has 1 aromatic carbocycles. The third kappa shape index (κ3) is 4.99. The number of halogens is 2. The molecule has 0 bridgehead atoms. The van der Waals surface area contributed by atoms with Crippen molar-refractivity contribution in [2.45, 2.75) is 6.92 Å². The van der Waals surface area contributed by atoms with Gasteiger partial charge in [0.15, 0.2) is 0 Å². The van der Waals surface area contributed by atoms with Crippen molar-refractivity contribution in [2.24, 2.45) is 0 Å². The molecule has 1 aliphatic rings. The van der Waals surface area contributed by atoms with Crippen molar-refractivity contribution in [3.05, 3.63) is 28.8 Å². The first-order valence-electron chi connectivity index (χ1n) is 6.01. The summed E-state index contributed by atoms with van der Waals surface area (Å²) in [4.78, 5) is 14.0. The van der Waals surface area contributed by atoms with Crippen molar-refractivity contribution in [1.82, 2.24) is 4.90 Å². The molecule has 106 valence electrons. The van der Waals surface area contributed by atoms with Crippen LogP contribution in [0.4, 0.5) is 5.69 Å². The number of ether oxygens (including phenoxy) is 1. The fraction of sp³-hybridized carbons (Fsp3) is 0.462. The van der Waals surface area contributed by atoms with Gasteiger partial charge in [-0.3, -0.25) is 9.69 Å². The standard InChI is InChI=1S/C13H17ClN2O2.ClH/c1-10-8-11(14)2-3-12(10)15-13(17)9-16-4-6-18-7-5-16;/h2-3,8H,4-7,9H2,1H3,(H,15,17);1H. The number of carbonyl (C=O) groups is 1. The van der Waals surface area contributed by atoms with Crippen molar-refractivity contribution in [2.75, 3.05) is 38.2 Å². The van der Waals surface area contributed by atoms with Crippen LogP contribution >= 0.6 is 24.0 Å². The van der Waals surface area contributed by atoms with E-state index >= 15 is 0 Å². The van der Waals surface area contributed by atoms with E-state index in [4.69, 9.17) is 16.3 Å². The van der Waals surface area contributed by atoms with Crippen LogP contribution in [0.2, 0.25) is 5.02 Å². The van der Waals surface area contributed by atoms with Crippen molar-refractivity contribution < 1.29 is 9.53 Å². The van der Waals surface area contributed by atoms with Gasteiger partial charge in [0.05, 0.1) is 19.8 Å². The van der Waals surface area contributed by atoms with Crippen LogP contribution < -0.4 is 5.32 Å². The molecule has 19 heavy (non-hydrogen) atoms. The van der Waals surface area contributed by atoms with E-state index in [2.05, 4.69) is 10.2 Å². The number of amides is 1. The van der Waals surface area contributed by atoms with Gasteiger partial charge in [-0.1, -0.05) is 11.6 Å². The summed E-state index contributed by atoms with van der Waals surface area (Å²) in [6.07, 6.45) is 0. The summed E-state index contributed by atoms with van der Waals surface area (Å²) in [5.41, 5.74) is 1.79. The number of aryl methyl sites for hydroxylation is 1. The van der Waals surface area contributed by atoms with E-state index in [1.165, 1.54) is 0 Å². The second kappa shape index (κ2) is 7.70. The molecule has 0 atom stereocenters. The van der Waals surface area contributed by atoms with E-state index in [1.54, 1.807) is 6.07 Å². The Labute approximate surface area is 124 Å². The number of hydrogen-bond donors (Lipinski definition) is 1. The summed E-state index contributed by atoms with van der Waals surface area (Å²) in [7, 11) is 0. The fourth-order valence-corrected chi connectivity index (χ4v) is 2.15. The first kappa shape index (κ1) is 16.2. The van der Waals surface area contributed by atoms with E-state index in [1.807, 2.05) is 19.1 Å². The van der Waals surface area contributed by atoms with Gasteiger partial charge >= 0.3 is 0 Å². The number of hydrogen-bond acceptors (Lipinski definition) is 3. The third-order valence-corrected chi connectivity index (χ3v) is 3.17. The van der Waals surface area contributed by atoms with Crippen molar-refractivity contribution in [3.63, 3.8) is 0 Å². The van der Waals surface area contributed by atoms with Gasteiger partial charge in [0.1, 0.15) is 0 Å². The van der Waals surface area contributed by atoms with Gasteiger partial charge < -0.3 is 10.1 Å². The fourth-order valence-electron chi connectivity index (χ4n) is 1.92. The van der Waals surface area contributed by atoms with Crippen LogP contribution in [0, 0.1) is 6.92 Å². The van der Waals surface area contributed by atoms with Crippen molar-refractivity contribution in [3.8, 4) is 0 Å². The Bertz CT molecular complexity index is 435. The number of carbonyl (C=O) groups excluding carboxylic acids is 1. The monoisotopic (exact) mass is 304 g/mol. The highest BCUT2D eigenvalue weighted by Gasteiger charge is 2.14. The van der Waals surface area contributed by atoms with Gasteiger partial charge in [0.2, 0.25) is 5.91 Å². The van der Waals surface area contributed by atoms with E-state index in [0.29, 0.717) is 24.8 Å². The number of anilines is 1. The molecule has 0 unspecified atom stereocenters. The number of rotatable bonds is 3. The van der Waals surface area contributed by atoms with Gasteiger partial charge in [-0.2, -0.15) is 0 Å². The van der Waals surface area contributed by atoms with Crippen molar-refractivity contribution in [1.29, 1.82) is 0 Å². The van der Waals surface area contributed by atoms with Crippen LogP contribution in [-0.4, -0.2) is 43.7 Å². The Kier molecular flexibility index (Phi) is 6.58. The zero-order valence-corrected chi connectivity index (χ0v) is 12.4. The third-order valence-electron chi connectivity index (χ3n) is 2.93. The van der Waals surface area contributed by atoms with Gasteiger partial charge in [-0.05, 0) is 30.7 Å². The number of morpholine rings is 1. The minimum atomic E-state index is 0. The summed E-state index contributed by atoms with van der Waals surface area (Å²) in [5.74, 6) is 0.00215. The zero-order valence-electron chi connectivity index (χ0n) is 10.8. The minimum Gasteiger partial charge on any atom is -0.379 e. The summed E-state index contributed by atoms with van der Waals surface area (Å²) < 4.78 is 5.24. The van der Waals surface area contributed by atoms with E-state index < -0.39 is 0 Å². The molecule has 0 saturated carbocycles. The largest absolute Gasteiger partial charge is 0.379 e. The number of nitrogens with one attached hydrogen (secondary N) is 1. The summed E-state index contributed by atoms with van der Waals surface area (Å²) >= 11 is 5.87. The molecule has 1 aliphatic heterocycles. The highest BCUT2D eigenvalue weighted by molar-refractivity contribution is 6.30. The highest BCUT2D eigenvalue weighted by atomic mass is 35.5. The molecule has 1 aromatic rings. The molecule has 1 fully saturated rings. The van der Waals surface area contributed by atoms with E-state index in [-0.39, 0.29) is 18.3 Å². The maximum absolute atomic E-state index is 11.9. The zero-order chi connectivity index (χ0) is 13.0. The first-order valence-corrected chi connectivity index (χ1v) is 6.39. The molecule has 0 spiro atoms. The van der Waals surface area contributed by atoms with Crippen LogP contribution in [0.25, 0.3) is 0 Å². The van der Waals surface area contributed by atoms with Crippen LogP contribution in [0.5, 0.6) is 0 Å². The van der Waals surface area contributed by atoms with Gasteiger partial charge in [0, 0.05) is 23.8 Å². The molecule has 4 nitrogen and oxygen atoms in total. The van der Waals surface area contributed by atoms with Crippen LogP contribution in [0.3, 0.4) is 0 Å². The molecule has 2 rings (SSSR count). The molecule has 0 radical (unpaired) electrons. The Balaban J connectivity index is 0.00000180. The maximum atomic E-state index is 11.9. The lowest BCUT2D eigenvalue weighted by atomic mass is 10.2.